The van der Waals surface area contributed by atoms with Gasteiger partial charge in [0.2, 0.25) is 0 Å². The molecule has 1 saturated carbocycles. The van der Waals surface area contributed by atoms with Crippen LogP contribution < -0.4 is 0 Å². The van der Waals surface area contributed by atoms with E-state index >= 15 is 0 Å². The minimum absolute atomic E-state index is 0.601. The molecule has 48 valence electrons. The molecule has 8 heavy (non-hydrogen) atoms. The molecular formula is C5H8Cl2O. The molecule has 0 aromatic rings. The average molecular weight is 155 g/mol. The second-order valence-corrected chi connectivity index (χ2v) is 3.35. The molecule has 0 bridgehead atoms. The van der Waals surface area contributed by atoms with Crippen LogP contribution in [0.3, 0.4) is 0 Å². The number of alkyl halides is 2. The van der Waals surface area contributed by atoms with Crippen molar-refractivity contribution >= 4 is 23.2 Å². The molecule has 0 aromatic heterocycles. The van der Waals surface area contributed by atoms with Gasteiger partial charge in [-0.3, -0.25) is 0 Å². The van der Waals surface area contributed by atoms with E-state index in [-0.39, 0.29) is 0 Å². The Kier molecular flexibility index (Phi) is 1.71. The first kappa shape index (κ1) is 6.66. The van der Waals surface area contributed by atoms with Gasteiger partial charge >= 0.3 is 0 Å². The monoisotopic (exact) mass is 154 g/mol. The summed E-state index contributed by atoms with van der Waals surface area (Å²) in [4.78, 5) is -0.601. The third kappa shape index (κ3) is 0.949. The van der Waals surface area contributed by atoms with Crippen LogP contribution >= 0.6 is 23.2 Å². The van der Waals surface area contributed by atoms with Gasteiger partial charge in [-0.25, -0.2) is 0 Å². The van der Waals surface area contributed by atoms with Gasteiger partial charge in [0.25, 0.3) is 0 Å². The molecule has 0 saturated heterocycles. The van der Waals surface area contributed by atoms with Crippen molar-refractivity contribution in [2.45, 2.75) is 29.7 Å². The first-order chi connectivity index (χ1) is 3.65. The fraction of sp³-hybridized carbons (Fsp3) is 1.00. The Hall–Kier alpha value is 0.540. The van der Waals surface area contributed by atoms with Gasteiger partial charge in [-0.2, -0.15) is 0 Å². The first-order valence-electron chi connectivity index (χ1n) is 2.66. The highest BCUT2D eigenvalue weighted by molar-refractivity contribution is 6.45. The van der Waals surface area contributed by atoms with Crippen molar-refractivity contribution in [3.63, 3.8) is 0 Å². The molecule has 0 heterocycles. The van der Waals surface area contributed by atoms with Gasteiger partial charge in [-0.05, 0) is 19.3 Å². The van der Waals surface area contributed by atoms with Crippen LogP contribution in [-0.2, 0) is 0 Å². The van der Waals surface area contributed by atoms with Crippen molar-refractivity contribution in [2.24, 2.45) is 0 Å². The lowest BCUT2D eigenvalue weighted by atomic mass is 9.82. The Morgan fingerprint density at radius 1 is 1.38 bits per heavy atom. The van der Waals surface area contributed by atoms with Gasteiger partial charge in [-0.1, -0.05) is 0 Å². The molecule has 0 radical (unpaired) electrons. The zero-order chi connectivity index (χ0) is 6.20. The molecule has 0 spiro atoms. The number of hydrogen-bond acceptors (Lipinski definition) is 1. The molecule has 1 fully saturated rings. The van der Waals surface area contributed by atoms with Crippen molar-refractivity contribution in [3.05, 3.63) is 0 Å². The van der Waals surface area contributed by atoms with Crippen molar-refractivity contribution in [1.82, 2.24) is 0 Å². The number of aliphatic hydroxyl groups is 1. The first-order valence-corrected chi connectivity index (χ1v) is 3.53. The minimum Gasteiger partial charge on any atom is -0.387 e. The van der Waals surface area contributed by atoms with Gasteiger partial charge < -0.3 is 5.11 Å². The second-order valence-electron chi connectivity index (χ2n) is 2.26. The average Bonchev–Trinajstić information content (AvgIpc) is 1.60. The standard InChI is InChI=1S/C5H8Cl2O/c6-4(7)5(8)2-1-3-5/h4,8H,1-3H2. The number of rotatable bonds is 1. The normalized spacial score (nSPS) is 25.5. The van der Waals surface area contributed by atoms with E-state index in [1.165, 1.54) is 0 Å². The fourth-order valence-corrected chi connectivity index (χ4v) is 1.19. The highest BCUT2D eigenvalue weighted by Crippen LogP contribution is 2.38. The molecule has 1 aliphatic carbocycles. The lowest BCUT2D eigenvalue weighted by Gasteiger charge is -2.37. The Bertz CT molecular complexity index is 88.4. The quantitative estimate of drug-likeness (QED) is 0.571. The zero-order valence-corrected chi connectivity index (χ0v) is 5.91. The van der Waals surface area contributed by atoms with Crippen LogP contribution in [-0.4, -0.2) is 15.5 Å². The van der Waals surface area contributed by atoms with Crippen LogP contribution in [0.4, 0.5) is 0 Å². The molecular weight excluding hydrogens is 147 g/mol. The van der Waals surface area contributed by atoms with Crippen molar-refractivity contribution in [2.75, 3.05) is 0 Å². The molecule has 0 aromatic carbocycles. The van der Waals surface area contributed by atoms with Crippen molar-refractivity contribution in [1.29, 1.82) is 0 Å². The molecule has 1 N–H and O–H groups in total. The Morgan fingerprint density at radius 2 is 1.88 bits per heavy atom. The summed E-state index contributed by atoms with van der Waals surface area (Å²) < 4.78 is 0. The number of halogens is 2. The topological polar surface area (TPSA) is 20.2 Å². The Labute approximate surface area is 58.6 Å². The van der Waals surface area contributed by atoms with E-state index in [0.29, 0.717) is 0 Å². The summed E-state index contributed by atoms with van der Waals surface area (Å²) in [6.45, 7) is 0. The third-order valence-electron chi connectivity index (χ3n) is 1.63. The van der Waals surface area contributed by atoms with Crippen molar-refractivity contribution in [3.8, 4) is 0 Å². The highest BCUT2D eigenvalue weighted by atomic mass is 35.5. The van der Waals surface area contributed by atoms with Gasteiger partial charge in [-0.15, -0.1) is 23.2 Å². The van der Waals surface area contributed by atoms with E-state index in [0.717, 1.165) is 19.3 Å². The lowest BCUT2D eigenvalue weighted by molar-refractivity contribution is -0.0201. The van der Waals surface area contributed by atoms with Gasteiger partial charge in [0, 0.05) is 0 Å². The summed E-state index contributed by atoms with van der Waals surface area (Å²) in [6, 6.07) is 0. The van der Waals surface area contributed by atoms with Gasteiger partial charge in [0.1, 0.15) is 4.84 Å². The number of hydrogen-bond donors (Lipinski definition) is 1. The van der Waals surface area contributed by atoms with Crippen LogP contribution in [0.5, 0.6) is 0 Å². The highest BCUT2D eigenvalue weighted by Gasteiger charge is 2.40. The molecule has 1 aliphatic rings. The molecule has 0 atom stereocenters. The summed E-state index contributed by atoms with van der Waals surface area (Å²) in [6.07, 6.45) is 2.56. The zero-order valence-electron chi connectivity index (χ0n) is 4.40. The van der Waals surface area contributed by atoms with E-state index in [9.17, 15) is 5.11 Å². The van der Waals surface area contributed by atoms with Crippen molar-refractivity contribution < 1.29 is 5.11 Å². The van der Waals surface area contributed by atoms with Crippen LogP contribution in [0, 0.1) is 0 Å². The summed E-state index contributed by atoms with van der Waals surface area (Å²) in [7, 11) is 0. The molecule has 1 rings (SSSR count). The maximum atomic E-state index is 9.22. The fourth-order valence-electron chi connectivity index (χ4n) is 0.757. The second kappa shape index (κ2) is 2.05. The van der Waals surface area contributed by atoms with E-state index < -0.39 is 10.4 Å². The van der Waals surface area contributed by atoms with Crippen LogP contribution in [0.25, 0.3) is 0 Å². The van der Waals surface area contributed by atoms with Gasteiger partial charge in [0.15, 0.2) is 0 Å². The summed E-state index contributed by atoms with van der Waals surface area (Å²) in [5.41, 5.74) is -0.747. The van der Waals surface area contributed by atoms with Crippen LogP contribution in [0.2, 0.25) is 0 Å². The van der Waals surface area contributed by atoms with E-state index in [4.69, 9.17) is 23.2 Å². The predicted octanol–water partition coefficient (Wildman–Crippen LogP) is 1.71. The maximum absolute atomic E-state index is 9.22. The third-order valence-corrected chi connectivity index (χ3v) is 2.44. The van der Waals surface area contributed by atoms with Gasteiger partial charge in [0.05, 0.1) is 5.60 Å². The molecule has 0 unspecified atom stereocenters. The Balaban J connectivity index is 2.41. The molecule has 1 nitrogen and oxygen atoms in total. The van der Waals surface area contributed by atoms with Crippen LogP contribution in [0.1, 0.15) is 19.3 Å². The SMILES string of the molecule is OC1(C(Cl)Cl)CCC1. The lowest BCUT2D eigenvalue weighted by Crippen LogP contribution is -2.42. The molecule has 3 heteroatoms. The smallest absolute Gasteiger partial charge is 0.136 e. The largest absolute Gasteiger partial charge is 0.387 e. The summed E-state index contributed by atoms with van der Waals surface area (Å²) >= 11 is 10.9. The minimum atomic E-state index is -0.747. The molecule has 0 aliphatic heterocycles. The maximum Gasteiger partial charge on any atom is 0.136 e. The van der Waals surface area contributed by atoms with E-state index in [1.54, 1.807) is 0 Å². The van der Waals surface area contributed by atoms with E-state index in [2.05, 4.69) is 0 Å². The Morgan fingerprint density at radius 3 is 1.88 bits per heavy atom. The summed E-state index contributed by atoms with van der Waals surface area (Å²) in [5.74, 6) is 0. The van der Waals surface area contributed by atoms with E-state index in [1.807, 2.05) is 0 Å². The van der Waals surface area contributed by atoms with Crippen LogP contribution in [0.15, 0.2) is 0 Å². The summed E-state index contributed by atoms with van der Waals surface area (Å²) in [5, 5.41) is 9.22. The predicted molar refractivity (Wildman–Crippen MR) is 34.3 cm³/mol. The molecule has 0 amide bonds.